The molecule has 21 heavy (non-hydrogen) atoms. The summed E-state index contributed by atoms with van der Waals surface area (Å²) < 4.78 is 11.5. The van der Waals surface area contributed by atoms with Crippen molar-refractivity contribution in [3.8, 4) is 11.5 Å². The molecule has 2 aromatic rings. The lowest BCUT2D eigenvalue weighted by Crippen LogP contribution is -2.07. The van der Waals surface area contributed by atoms with Crippen LogP contribution in [0.4, 0.5) is 0 Å². The van der Waals surface area contributed by atoms with Crippen LogP contribution >= 0.6 is 22.6 Å². The van der Waals surface area contributed by atoms with E-state index < -0.39 is 0 Å². The average Bonchev–Trinajstić information content (AvgIpc) is 2.49. The zero-order chi connectivity index (χ0) is 15.6. The number of hydrogen-bond donors (Lipinski definition) is 0. The third kappa shape index (κ3) is 3.05. The summed E-state index contributed by atoms with van der Waals surface area (Å²) in [5.41, 5.74) is 3.32. The van der Waals surface area contributed by atoms with Crippen LogP contribution in [-0.2, 0) is 0 Å². The Kier molecular flexibility index (Phi) is 4.88. The SMILES string of the molecule is COc1cc(C)c(C(=O)c2cccc(C)c2I)cc1OC. The van der Waals surface area contributed by atoms with E-state index in [0.29, 0.717) is 22.6 Å². The van der Waals surface area contributed by atoms with Crippen molar-refractivity contribution in [3.05, 3.63) is 56.2 Å². The minimum Gasteiger partial charge on any atom is -0.493 e. The van der Waals surface area contributed by atoms with Crippen LogP contribution < -0.4 is 9.47 Å². The van der Waals surface area contributed by atoms with Gasteiger partial charge in [0.1, 0.15) is 0 Å². The van der Waals surface area contributed by atoms with E-state index in [9.17, 15) is 4.79 Å². The quantitative estimate of drug-likeness (QED) is 0.575. The maximum absolute atomic E-state index is 12.8. The van der Waals surface area contributed by atoms with Gasteiger partial charge in [0.15, 0.2) is 17.3 Å². The summed E-state index contributed by atoms with van der Waals surface area (Å²) in [7, 11) is 3.15. The van der Waals surface area contributed by atoms with Crippen LogP contribution in [0.25, 0.3) is 0 Å². The molecule has 4 heteroatoms. The molecule has 3 nitrogen and oxygen atoms in total. The van der Waals surface area contributed by atoms with Crippen molar-refractivity contribution in [2.75, 3.05) is 14.2 Å². The van der Waals surface area contributed by atoms with Gasteiger partial charge in [0, 0.05) is 14.7 Å². The zero-order valence-electron chi connectivity index (χ0n) is 12.5. The van der Waals surface area contributed by atoms with Gasteiger partial charge < -0.3 is 9.47 Å². The number of ketones is 1. The number of aryl methyl sites for hydroxylation is 2. The fourth-order valence-electron chi connectivity index (χ4n) is 2.19. The van der Waals surface area contributed by atoms with E-state index in [1.165, 1.54) is 0 Å². The van der Waals surface area contributed by atoms with Gasteiger partial charge in [-0.3, -0.25) is 4.79 Å². The number of carbonyl (C=O) groups is 1. The van der Waals surface area contributed by atoms with Crippen molar-refractivity contribution in [3.63, 3.8) is 0 Å². The first-order valence-corrected chi connectivity index (χ1v) is 7.60. The van der Waals surface area contributed by atoms with Crippen LogP contribution in [0.1, 0.15) is 27.0 Å². The monoisotopic (exact) mass is 396 g/mol. The molecule has 0 amide bonds. The van der Waals surface area contributed by atoms with E-state index in [1.807, 2.05) is 38.1 Å². The Labute approximate surface area is 138 Å². The van der Waals surface area contributed by atoms with Crippen molar-refractivity contribution < 1.29 is 14.3 Å². The van der Waals surface area contributed by atoms with Gasteiger partial charge in [-0.05, 0) is 65.8 Å². The molecular formula is C17H17IO3. The van der Waals surface area contributed by atoms with Gasteiger partial charge in [-0.15, -0.1) is 0 Å². The Bertz CT molecular complexity index is 693. The number of halogens is 1. The minimum absolute atomic E-state index is 0.00144. The molecule has 0 aromatic heterocycles. The van der Waals surface area contributed by atoms with Gasteiger partial charge >= 0.3 is 0 Å². The lowest BCUT2D eigenvalue weighted by Gasteiger charge is -2.13. The highest BCUT2D eigenvalue weighted by Crippen LogP contribution is 2.32. The summed E-state index contributed by atoms with van der Waals surface area (Å²) >= 11 is 2.21. The van der Waals surface area contributed by atoms with E-state index in [2.05, 4.69) is 22.6 Å². The normalized spacial score (nSPS) is 10.3. The highest BCUT2D eigenvalue weighted by Gasteiger charge is 2.18. The van der Waals surface area contributed by atoms with Gasteiger partial charge in [0.05, 0.1) is 14.2 Å². The topological polar surface area (TPSA) is 35.5 Å². The highest BCUT2D eigenvalue weighted by molar-refractivity contribution is 14.1. The van der Waals surface area contributed by atoms with Gasteiger partial charge in [-0.1, -0.05) is 12.1 Å². The Morgan fingerprint density at radius 3 is 2.19 bits per heavy atom. The first kappa shape index (κ1) is 15.8. The van der Waals surface area contributed by atoms with Crippen LogP contribution in [0, 0.1) is 17.4 Å². The molecule has 0 fully saturated rings. The summed E-state index contributed by atoms with van der Waals surface area (Å²) in [5.74, 6) is 1.20. The van der Waals surface area contributed by atoms with Crippen LogP contribution in [0.2, 0.25) is 0 Å². The molecule has 0 saturated carbocycles. The zero-order valence-corrected chi connectivity index (χ0v) is 14.6. The van der Waals surface area contributed by atoms with E-state index in [1.54, 1.807) is 20.3 Å². The molecular weight excluding hydrogens is 379 g/mol. The van der Waals surface area contributed by atoms with Crippen LogP contribution in [0.3, 0.4) is 0 Å². The summed E-state index contributed by atoms with van der Waals surface area (Å²) in [6, 6.07) is 9.33. The third-order valence-corrected chi connectivity index (χ3v) is 4.84. The summed E-state index contributed by atoms with van der Waals surface area (Å²) in [6.45, 7) is 3.90. The predicted octanol–water partition coefficient (Wildman–Crippen LogP) is 4.16. The van der Waals surface area contributed by atoms with Crippen LogP contribution in [-0.4, -0.2) is 20.0 Å². The summed E-state index contributed by atoms with van der Waals surface area (Å²) in [6.07, 6.45) is 0. The molecule has 2 aromatic carbocycles. The number of benzene rings is 2. The molecule has 0 bridgehead atoms. The number of hydrogen-bond acceptors (Lipinski definition) is 3. The van der Waals surface area contributed by atoms with E-state index >= 15 is 0 Å². The standard InChI is InChI=1S/C17H17IO3/c1-10-6-5-7-12(16(10)18)17(19)13-9-15(21-4)14(20-3)8-11(13)2/h5-9H,1-4H3. The highest BCUT2D eigenvalue weighted by atomic mass is 127. The molecule has 0 saturated heterocycles. The van der Waals surface area contributed by atoms with Gasteiger partial charge in [0.2, 0.25) is 0 Å². The van der Waals surface area contributed by atoms with Gasteiger partial charge in [0.25, 0.3) is 0 Å². The summed E-state index contributed by atoms with van der Waals surface area (Å²) in [5, 5.41) is 0. The van der Waals surface area contributed by atoms with Gasteiger partial charge in [-0.2, -0.15) is 0 Å². The molecule has 0 atom stereocenters. The smallest absolute Gasteiger partial charge is 0.194 e. The molecule has 0 aliphatic rings. The molecule has 0 aliphatic heterocycles. The van der Waals surface area contributed by atoms with E-state index in [4.69, 9.17) is 9.47 Å². The number of rotatable bonds is 4. The number of methoxy groups -OCH3 is 2. The van der Waals surface area contributed by atoms with Crippen molar-refractivity contribution in [2.45, 2.75) is 13.8 Å². The van der Waals surface area contributed by atoms with Crippen LogP contribution in [0.5, 0.6) is 11.5 Å². The first-order chi connectivity index (χ1) is 9.99. The fourth-order valence-corrected chi connectivity index (χ4v) is 2.80. The molecule has 2 rings (SSSR count). The molecule has 0 unspecified atom stereocenters. The molecule has 0 radical (unpaired) electrons. The van der Waals surface area contributed by atoms with E-state index in [0.717, 1.165) is 14.7 Å². The van der Waals surface area contributed by atoms with Crippen LogP contribution in [0.15, 0.2) is 30.3 Å². The Hall–Kier alpha value is -1.56. The largest absolute Gasteiger partial charge is 0.493 e. The fraction of sp³-hybridized carbons (Fsp3) is 0.235. The Morgan fingerprint density at radius 2 is 1.57 bits per heavy atom. The maximum atomic E-state index is 12.8. The van der Waals surface area contributed by atoms with Crippen molar-refractivity contribution in [1.29, 1.82) is 0 Å². The molecule has 0 aliphatic carbocycles. The second-order valence-corrected chi connectivity index (χ2v) is 5.87. The first-order valence-electron chi connectivity index (χ1n) is 6.52. The molecule has 110 valence electrons. The van der Waals surface area contributed by atoms with Crippen molar-refractivity contribution in [2.24, 2.45) is 0 Å². The van der Waals surface area contributed by atoms with Gasteiger partial charge in [-0.25, -0.2) is 0 Å². The lowest BCUT2D eigenvalue weighted by atomic mass is 9.97. The van der Waals surface area contributed by atoms with Crippen molar-refractivity contribution in [1.82, 2.24) is 0 Å². The second kappa shape index (κ2) is 6.47. The predicted molar refractivity (Wildman–Crippen MR) is 91.6 cm³/mol. The third-order valence-electron chi connectivity index (χ3n) is 3.41. The number of carbonyl (C=O) groups excluding carboxylic acids is 1. The Morgan fingerprint density at radius 1 is 0.952 bits per heavy atom. The number of ether oxygens (including phenoxy) is 2. The minimum atomic E-state index is 0.00144. The molecule has 0 heterocycles. The molecule has 0 N–H and O–H groups in total. The van der Waals surface area contributed by atoms with E-state index in [-0.39, 0.29) is 5.78 Å². The maximum Gasteiger partial charge on any atom is 0.194 e. The van der Waals surface area contributed by atoms with Crippen molar-refractivity contribution >= 4 is 28.4 Å². The Balaban J connectivity index is 2.56. The average molecular weight is 396 g/mol. The molecule has 0 spiro atoms. The second-order valence-electron chi connectivity index (χ2n) is 4.79. The lowest BCUT2D eigenvalue weighted by molar-refractivity contribution is 0.103. The summed E-state index contributed by atoms with van der Waals surface area (Å²) in [4.78, 5) is 12.8.